The Morgan fingerprint density at radius 3 is 2.27 bits per heavy atom. The zero-order valence-corrected chi connectivity index (χ0v) is 9.15. The van der Waals surface area contributed by atoms with E-state index < -0.39 is 0 Å². The molecule has 1 aromatic carbocycles. The quantitative estimate of drug-likeness (QED) is 0.441. The molecule has 0 atom stereocenters. The van der Waals surface area contributed by atoms with Crippen LogP contribution in [0, 0.1) is 0 Å². The van der Waals surface area contributed by atoms with Crippen molar-refractivity contribution in [3.63, 3.8) is 0 Å². The van der Waals surface area contributed by atoms with Gasteiger partial charge < -0.3 is 10.6 Å². The van der Waals surface area contributed by atoms with Crippen LogP contribution in [-0.4, -0.2) is 27.1 Å². The molecule has 5 heteroatoms. The summed E-state index contributed by atoms with van der Waals surface area (Å²) in [5, 5.41) is 13.8. The summed E-state index contributed by atoms with van der Waals surface area (Å²) < 4.78 is 0. The summed E-state index contributed by atoms with van der Waals surface area (Å²) in [6.45, 7) is 0. The summed E-state index contributed by atoms with van der Waals surface area (Å²) in [5.74, 6) is 0.507. The van der Waals surface area contributed by atoms with Crippen molar-refractivity contribution in [1.29, 1.82) is 0 Å². The fourth-order valence-electron chi connectivity index (χ4n) is 1.01. The SMILES string of the molecule is C/N=C(\N=Nc1ccc(NC)cc1)NC. The second-order valence-corrected chi connectivity index (χ2v) is 2.79. The molecule has 0 spiro atoms. The van der Waals surface area contributed by atoms with Gasteiger partial charge in [-0.15, -0.1) is 10.2 Å². The minimum atomic E-state index is 0.507. The number of nitrogens with one attached hydrogen (secondary N) is 2. The van der Waals surface area contributed by atoms with E-state index in [0.29, 0.717) is 5.96 Å². The van der Waals surface area contributed by atoms with E-state index in [1.807, 2.05) is 31.3 Å². The molecule has 0 amide bonds. The van der Waals surface area contributed by atoms with Crippen LogP contribution in [0.25, 0.3) is 0 Å². The Morgan fingerprint density at radius 1 is 1.13 bits per heavy atom. The Kier molecular flexibility index (Phi) is 4.28. The number of anilines is 1. The van der Waals surface area contributed by atoms with Gasteiger partial charge in [0, 0.05) is 26.8 Å². The smallest absolute Gasteiger partial charge is 0.237 e. The van der Waals surface area contributed by atoms with Crippen molar-refractivity contribution in [2.24, 2.45) is 15.2 Å². The van der Waals surface area contributed by atoms with Crippen molar-refractivity contribution in [2.75, 3.05) is 26.5 Å². The van der Waals surface area contributed by atoms with E-state index >= 15 is 0 Å². The minimum Gasteiger partial charge on any atom is -0.388 e. The number of nitrogens with zero attached hydrogens (tertiary/aromatic N) is 3. The van der Waals surface area contributed by atoms with Crippen molar-refractivity contribution >= 4 is 17.3 Å². The summed E-state index contributed by atoms with van der Waals surface area (Å²) in [7, 11) is 5.29. The van der Waals surface area contributed by atoms with E-state index in [4.69, 9.17) is 0 Å². The molecular weight excluding hydrogens is 190 g/mol. The van der Waals surface area contributed by atoms with Crippen molar-refractivity contribution in [1.82, 2.24) is 5.32 Å². The average molecular weight is 205 g/mol. The van der Waals surface area contributed by atoms with Crippen LogP contribution in [0.15, 0.2) is 39.5 Å². The molecule has 2 N–H and O–H groups in total. The third kappa shape index (κ3) is 3.38. The van der Waals surface area contributed by atoms with Gasteiger partial charge >= 0.3 is 0 Å². The molecule has 0 radical (unpaired) electrons. The van der Waals surface area contributed by atoms with Crippen molar-refractivity contribution in [3.05, 3.63) is 24.3 Å². The first kappa shape index (κ1) is 11.2. The highest BCUT2D eigenvalue weighted by Crippen LogP contribution is 2.15. The van der Waals surface area contributed by atoms with E-state index in [1.54, 1.807) is 14.1 Å². The van der Waals surface area contributed by atoms with E-state index in [0.717, 1.165) is 11.4 Å². The lowest BCUT2D eigenvalue weighted by molar-refractivity contribution is 1.08. The number of azo groups is 1. The monoisotopic (exact) mass is 205 g/mol. The number of aliphatic imine (C=N–C) groups is 1. The molecular formula is C10H15N5. The molecule has 0 fully saturated rings. The Hall–Kier alpha value is -1.91. The number of benzene rings is 1. The topological polar surface area (TPSA) is 61.1 Å². The molecule has 0 bridgehead atoms. The second-order valence-electron chi connectivity index (χ2n) is 2.79. The van der Waals surface area contributed by atoms with Crippen LogP contribution in [0.4, 0.5) is 11.4 Å². The zero-order valence-electron chi connectivity index (χ0n) is 9.15. The molecule has 0 aliphatic carbocycles. The molecule has 1 rings (SSSR count). The van der Waals surface area contributed by atoms with Gasteiger partial charge in [-0.3, -0.25) is 4.99 Å². The van der Waals surface area contributed by atoms with E-state index in [-0.39, 0.29) is 0 Å². The maximum atomic E-state index is 4.03. The molecule has 0 aliphatic rings. The predicted molar refractivity (Wildman–Crippen MR) is 62.9 cm³/mol. The van der Waals surface area contributed by atoms with Crippen molar-refractivity contribution < 1.29 is 0 Å². The molecule has 0 aliphatic heterocycles. The lowest BCUT2D eigenvalue weighted by Gasteiger charge is -1.99. The molecule has 0 unspecified atom stereocenters. The van der Waals surface area contributed by atoms with Gasteiger partial charge in [-0.1, -0.05) is 0 Å². The normalized spacial score (nSPS) is 11.8. The lowest BCUT2D eigenvalue weighted by atomic mass is 10.3. The van der Waals surface area contributed by atoms with Crippen LogP contribution in [-0.2, 0) is 0 Å². The Bertz CT molecular complexity index is 353. The largest absolute Gasteiger partial charge is 0.388 e. The summed E-state index contributed by atoms with van der Waals surface area (Å²) >= 11 is 0. The van der Waals surface area contributed by atoms with Gasteiger partial charge in [0.25, 0.3) is 0 Å². The van der Waals surface area contributed by atoms with Crippen molar-refractivity contribution in [2.45, 2.75) is 0 Å². The van der Waals surface area contributed by atoms with E-state index in [2.05, 4.69) is 25.9 Å². The van der Waals surface area contributed by atoms with Gasteiger partial charge in [0.15, 0.2) is 0 Å². The van der Waals surface area contributed by atoms with Crippen LogP contribution in [0.3, 0.4) is 0 Å². The fourth-order valence-corrected chi connectivity index (χ4v) is 1.01. The summed E-state index contributed by atoms with van der Waals surface area (Å²) in [6, 6.07) is 7.66. The van der Waals surface area contributed by atoms with Crippen LogP contribution >= 0.6 is 0 Å². The first-order valence-electron chi connectivity index (χ1n) is 4.64. The van der Waals surface area contributed by atoms with Crippen molar-refractivity contribution in [3.8, 4) is 0 Å². The Labute approximate surface area is 89.3 Å². The molecule has 15 heavy (non-hydrogen) atoms. The summed E-state index contributed by atoms with van der Waals surface area (Å²) in [5.41, 5.74) is 1.84. The number of guanidine groups is 1. The molecule has 0 saturated carbocycles. The first-order valence-corrected chi connectivity index (χ1v) is 4.64. The molecule has 0 aromatic heterocycles. The molecule has 80 valence electrons. The van der Waals surface area contributed by atoms with Gasteiger partial charge in [0.1, 0.15) is 0 Å². The van der Waals surface area contributed by atoms with Gasteiger partial charge in [-0.25, -0.2) is 0 Å². The van der Waals surface area contributed by atoms with Crippen LogP contribution in [0.2, 0.25) is 0 Å². The van der Waals surface area contributed by atoms with Crippen LogP contribution in [0.1, 0.15) is 0 Å². The number of hydrogen-bond donors (Lipinski definition) is 2. The van der Waals surface area contributed by atoms with E-state index in [1.165, 1.54) is 0 Å². The van der Waals surface area contributed by atoms with Gasteiger partial charge in [-0.2, -0.15) is 0 Å². The summed E-state index contributed by atoms with van der Waals surface area (Å²) in [6.07, 6.45) is 0. The number of rotatable bonds is 2. The van der Waals surface area contributed by atoms with Gasteiger partial charge in [0.2, 0.25) is 5.96 Å². The first-order chi connectivity index (χ1) is 7.30. The highest BCUT2D eigenvalue weighted by atomic mass is 15.2. The van der Waals surface area contributed by atoms with Crippen LogP contribution in [0.5, 0.6) is 0 Å². The standard InChI is InChI=1S/C10H15N5/c1-11-8-4-6-9(7-5-8)14-15-10(12-2)13-3/h4-7,11H,1-3H3,(H,12,13). The van der Waals surface area contributed by atoms with Crippen LogP contribution < -0.4 is 10.6 Å². The summed E-state index contributed by atoms with van der Waals surface area (Å²) in [4.78, 5) is 3.89. The predicted octanol–water partition coefficient (Wildman–Crippen LogP) is 2.02. The minimum absolute atomic E-state index is 0.507. The zero-order chi connectivity index (χ0) is 11.1. The molecule has 0 heterocycles. The highest BCUT2D eigenvalue weighted by Gasteiger charge is 1.92. The Morgan fingerprint density at radius 2 is 1.80 bits per heavy atom. The maximum absolute atomic E-state index is 4.03. The lowest BCUT2D eigenvalue weighted by Crippen LogP contribution is -2.14. The molecule has 0 saturated heterocycles. The molecule has 1 aromatic rings. The van der Waals surface area contributed by atoms with Gasteiger partial charge in [0.05, 0.1) is 5.69 Å². The maximum Gasteiger partial charge on any atom is 0.237 e. The van der Waals surface area contributed by atoms with E-state index in [9.17, 15) is 0 Å². The second kappa shape index (κ2) is 5.74. The third-order valence-electron chi connectivity index (χ3n) is 1.85. The van der Waals surface area contributed by atoms with Gasteiger partial charge in [-0.05, 0) is 24.3 Å². The third-order valence-corrected chi connectivity index (χ3v) is 1.85. The Balaban J connectivity index is 2.72. The fraction of sp³-hybridized carbons (Fsp3) is 0.300. The highest BCUT2D eigenvalue weighted by molar-refractivity contribution is 5.79. The molecule has 5 nitrogen and oxygen atoms in total. The average Bonchev–Trinajstić information content (AvgIpc) is 2.31. The number of hydrogen-bond acceptors (Lipinski definition) is 3.